The maximum absolute atomic E-state index is 3.10. The summed E-state index contributed by atoms with van der Waals surface area (Å²) in [6, 6.07) is 8.22. The first-order valence-electron chi connectivity index (χ1n) is 5.49. The van der Waals surface area contributed by atoms with Crippen molar-refractivity contribution in [1.29, 1.82) is 0 Å². The Morgan fingerprint density at radius 2 is 1.50 bits per heavy atom. The predicted molar refractivity (Wildman–Crippen MR) is 68.0 cm³/mol. The van der Waals surface area contributed by atoms with Gasteiger partial charge in [0.15, 0.2) is 0 Å². The smallest absolute Gasteiger partial charge is 0.0367 e. The van der Waals surface area contributed by atoms with Crippen LogP contribution in [0.2, 0.25) is 0 Å². The summed E-state index contributed by atoms with van der Waals surface area (Å²) in [5.74, 6) is 0. The standard InChI is InChI=1S/C8H11N.C3H8.C2H6/c1-7-5-3-4-6-8(7)9-2;1-3-2;1-2/h3-6,9H,1-2H3;3H2,1-2H3;1-2H3. The maximum atomic E-state index is 3.10. The molecule has 1 aromatic carbocycles. The van der Waals surface area contributed by atoms with Gasteiger partial charge >= 0.3 is 0 Å². The van der Waals surface area contributed by atoms with Crippen LogP contribution in [0.15, 0.2) is 24.3 Å². The van der Waals surface area contributed by atoms with E-state index in [1.807, 2.05) is 33.0 Å². The van der Waals surface area contributed by atoms with Crippen LogP contribution in [0.5, 0.6) is 0 Å². The Balaban J connectivity index is 0. The molecule has 1 nitrogen and oxygen atoms in total. The molecule has 0 atom stereocenters. The van der Waals surface area contributed by atoms with Crippen LogP contribution in [-0.4, -0.2) is 7.05 Å². The highest BCUT2D eigenvalue weighted by atomic mass is 14.8. The molecule has 0 unspecified atom stereocenters. The summed E-state index contributed by atoms with van der Waals surface area (Å²) in [7, 11) is 1.93. The van der Waals surface area contributed by atoms with Crippen molar-refractivity contribution < 1.29 is 0 Å². The van der Waals surface area contributed by atoms with E-state index in [-0.39, 0.29) is 0 Å². The molecule has 0 aromatic heterocycles. The topological polar surface area (TPSA) is 12.0 Å². The highest BCUT2D eigenvalue weighted by Gasteiger charge is 1.88. The number of nitrogens with one attached hydrogen (secondary N) is 1. The summed E-state index contributed by atoms with van der Waals surface area (Å²) >= 11 is 0. The number of para-hydroxylation sites is 1. The molecule has 0 saturated carbocycles. The van der Waals surface area contributed by atoms with E-state index in [1.165, 1.54) is 17.7 Å². The molecule has 0 fully saturated rings. The molecule has 14 heavy (non-hydrogen) atoms. The lowest BCUT2D eigenvalue weighted by molar-refractivity contribution is 1.09. The van der Waals surface area contributed by atoms with Crippen molar-refractivity contribution in [3.8, 4) is 0 Å². The second-order valence-corrected chi connectivity index (χ2v) is 2.77. The van der Waals surface area contributed by atoms with Gasteiger partial charge in [0.2, 0.25) is 0 Å². The van der Waals surface area contributed by atoms with Gasteiger partial charge in [0, 0.05) is 12.7 Å². The first-order valence-corrected chi connectivity index (χ1v) is 5.49. The van der Waals surface area contributed by atoms with Crippen LogP contribution in [-0.2, 0) is 0 Å². The average Bonchev–Trinajstić information content (AvgIpc) is 2.23. The third kappa shape index (κ3) is 7.66. The summed E-state index contributed by atoms with van der Waals surface area (Å²) in [4.78, 5) is 0. The van der Waals surface area contributed by atoms with Gasteiger partial charge in [-0.05, 0) is 18.6 Å². The molecular formula is C13H25N. The third-order valence-corrected chi connectivity index (χ3v) is 1.41. The zero-order chi connectivity index (χ0) is 11.4. The van der Waals surface area contributed by atoms with E-state index >= 15 is 0 Å². The van der Waals surface area contributed by atoms with Crippen molar-refractivity contribution in [2.24, 2.45) is 0 Å². The van der Waals surface area contributed by atoms with Crippen LogP contribution in [0, 0.1) is 6.92 Å². The minimum absolute atomic E-state index is 1.21. The average molecular weight is 195 g/mol. The van der Waals surface area contributed by atoms with Crippen LogP contribution in [0.25, 0.3) is 0 Å². The first-order chi connectivity index (χ1) is 6.76. The van der Waals surface area contributed by atoms with E-state index in [1.54, 1.807) is 0 Å². The van der Waals surface area contributed by atoms with Gasteiger partial charge in [-0.15, -0.1) is 0 Å². The van der Waals surface area contributed by atoms with Crippen LogP contribution in [0.4, 0.5) is 5.69 Å². The minimum atomic E-state index is 1.21. The fourth-order valence-corrected chi connectivity index (χ4v) is 0.853. The van der Waals surface area contributed by atoms with Crippen molar-refractivity contribution in [3.63, 3.8) is 0 Å². The lowest BCUT2D eigenvalue weighted by Gasteiger charge is -2.01. The van der Waals surface area contributed by atoms with Crippen LogP contribution < -0.4 is 5.32 Å². The lowest BCUT2D eigenvalue weighted by atomic mass is 10.2. The van der Waals surface area contributed by atoms with E-state index in [2.05, 4.69) is 38.2 Å². The molecule has 0 aliphatic heterocycles. The van der Waals surface area contributed by atoms with Crippen molar-refractivity contribution in [2.75, 3.05) is 12.4 Å². The van der Waals surface area contributed by atoms with Crippen LogP contribution in [0.3, 0.4) is 0 Å². The normalized spacial score (nSPS) is 7.57. The van der Waals surface area contributed by atoms with E-state index in [0.29, 0.717) is 0 Å². The van der Waals surface area contributed by atoms with Crippen molar-refractivity contribution in [2.45, 2.75) is 41.0 Å². The summed E-state index contributed by atoms with van der Waals surface area (Å²) in [5, 5.41) is 3.10. The third-order valence-electron chi connectivity index (χ3n) is 1.41. The van der Waals surface area contributed by atoms with E-state index in [9.17, 15) is 0 Å². The predicted octanol–water partition coefficient (Wildman–Crippen LogP) is 4.48. The van der Waals surface area contributed by atoms with Gasteiger partial charge in [-0.2, -0.15) is 0 Å². The number of rotatable bonds is 1. The fourth-order valence-electron chi connectivity index (χ4n) is 0.853. The minimum Gasteiger partial charge on any atom is -0.388 e. The maximum Gasteiger partial charge on any atom is 0.0367 e. The number of hydrogen-bond acceptors (Lipinski definition) is 1. The molecule has 1 rings (SSSR count). The molecule has 0 aliphatic rings. The number of hydrogen-bond donors (Lipinski definition) is 1. The second-order valence-electron chi connectivity index (χ2n) is 2.77. The summed E-state index contributed by atoms with van der Waals surface area (Å²) in [5.41, 5.74) is 2.50. The van der Waals surface area contributed by atoms with E-state index < -0.39 is 0 Å². The van der Waals surface area contributed by atoms with Gasteiger partial charge in [-0.1, -0.05) is 52.3 Å². The molecule has 82 valence electrons. The van der Waals surface area contributed by atoms with Crippen molar-refractivity contribution in [1.82, 2.24) is 0 Å². The highest BCUT2D eigenvalue weighted by Crippen LogP contribution is 2.10. The van der Waals surface area contributed by atoms with Gasteiger partial charge in [0.25, 0.3) is 0 Å². The lowest BCUT2D eigenvalue weighted by Crippen LogP contribution is -1.89. The molecule has 0 saturated heterocycles. The van der Waals surface area contributed by atoms with Gasteiger partial charge < -0.3 is 5.32 Å². The Morgan fingerprint density at radius 1 is 1.07 bits per heavy atom. The molecule has 1 N–H and O–H groups in total. The molecule has 0 aliphatic carbocycles. The van der Waals surface area contributed by atoms with E-state index in [0.717, 1.165) is 0 Å². The molecule has 0 bridgehead atoms. The van der Waals surface area contributed by atoms with Crippen molar-refractivity contribution >= 4 is 5.69 Å². The SMILES string of the molecule is CC.CCC.CNc1ccccc1C. The Labute approximate surface area is 89.5 Å². The van der Waals surface area contributed by atoms with Gasteiger partial charge in [-0.3, -0.25) is 0 Å². The van der Waals surface area contributed by atoms with Gasteiger partial charge in [-0.25, -0.2) is 0 Å². The highest BCUT2D eigenvalue weighted by molar-refractivity contribution is 5.49. The monoisotopic (exact) mass is 195 g/mol. The Bertz CT molecular complexity index is 206. The summed E-state index contributed by atoms with van der Waals surface area (Å²) in [6.07, 6.45) is 1.25. The Kier molecular flexibility index (Phi) is 13.3. The fraction of sp³-hybridized carbons (Fsp3) is 0.538. The quantitative estimate of drug-likeness (QED) is 0.696. The number of anilines is 1. The molecule has 0 spiro atoms. The van der Waals surface area contributed by atoms with Crippen LogP contribution >= 0.6 is 0 Å². The number of benzene rings is 1. The summed E-state index contributed by atoms with van der Waals surface area (Å²) in [6.45, 7) is 10.3. The molecule has 0 radical (unpaired) electrons. The Hall–Kier alpha value is -0.980. The molecular weight excluding hydrogens is 170 g/mol. The number of aryl methyl sites for hydroxylation is 1. The zero-order valence-corrected chi connectivity index (χ0v) is 10.5. The van der Waals surface area contributed by atoms with Gasteiger partial charge in [0.1, 0.15) is 0 Å². The summed E-state index contributed by atoms with van der Waals surface area (Å²) < 4.78 is 0. The van der Waals surface area contributed by atoms with Gasteiger partial charge in [0.05, 0.1) is 0 Å². The second kappa shape index (κ2) is 12.0. The van der Waals surface area contributed by atoms with Crippen molar-refractivity contribution in [3.05, 3.63) is 29.8 Å². The molecule has 0 amide bonds. The molecule has 1 aromatic rings. The molecule has 0 heterocycles. The Morgan fingerprint density at radius 3 is 1.79 bits per heavy atom. The largest absolute Gasteiger partial charge is 0.388 e. The molecule has 1 heteroatoms. The first kappa shape index (κ1) is 15.5. The zero-order valence-electron chi connectivity index (χ0n) is 10.5. The van der Waals surface area contributed by atoms with E-state index in [4.69, 9.17) is 0 Å². The van der Waals surface area contributed by atoms with Crippen LogP contribution in [0.1, 0.15) is 39.7 Å².